The lowest BCUT2D eigenvalue weighted by Gasteiger charge is -2.26. The number of imidazole rings is 1. The average Bonchev–Trinajstić information content (AvgIpc) is 3.37. The van der Waals surface area contributed by atoms with Crippen LogP contribution in [0.5, 0.6) is 0 Å². The Morgan fingerprint density at radius 2 is 1.87 bits per heavy atom. The molecule has 0 radical (unpaired) electrons. The number of rotatable bonds is 7. The number of hydrogen-bond acceptors (Lipinski definition) is 5. The summed E-state index contributed by atoms with van der Waals surface area (Å²) >= 11 is 1.54. The Morgan fingerprint density at radius 1 is 1.17 bits per heavy atom. The molecule has 1 aromatic heterocycles. The molecule has 162 valence electrons. The fraction of sp³-hybridized carbons (Fsp3) is 0.565. The molecule has 7 heteroatoms. The van der Waals surface area contributed by atoms with Crippen LogP contribution in [0, 0.1) is 13.8 Å². The van der Waals surface area contributed by atoms with E-state index in [0.29, 0.717) is 11.8 Å². The molecule has 30 heavy (non-hydrogen) atoms. The van der Waals surface area contributed by atoms with Gasteiger partial charge < -0.3 is 14.6 Å². The zero-order chi connectivity index (χ0) is 20.9. The number of nitrogens with one attached hydrogen (secondary N) is 1. The summed E-state index contributed by atoms with van der Waals surface area (Å²) in [6, 6.07) is 8.71. The van der Waals surface area contributed by atoms with Gasteiger partial charge >= 0.3 is 0 Å². The highest BCUT2D eigenvalue weighted by atomic mass is 32.2. The lowest BCUT2D eigenvalue weighted by Crippen LogP contribution is -2.35. The van der Waals surface area contributed by atoms with Crippen molar-refractivity contribution in [3.63, 3.8) is 0 Å². The Balaban J connectivity index is 1.30. The number of anilines is 1. The average molecular weight is 429 g/mol. The molecule has 1 amide bonds. The van der Waals surface area contributed by atoms with Crippen molar-refractivity contribution in [3.8, 4) is 0 Å². The maximum absolute atomic E-state index is 12.5. The molecule has 0 unspecified atom stereocenters. The number of nitrogens with zero attached hydrogens (tertiary/aromatic N) is 3. The van der Waals surface area contributed by atoms with Gasteiger partial charge in [-0.05, 0) is 44.4 Å². The van der Waals surface area contributed by atoms with E-state index in [1.54, 1.807) is 11.8 Å². The van der Waals surface area contributed by atoms with E-state index < -0.39 is 0 Å². The van der Waals surface area contributed by atoms with Crippen LogP contribution in [0.2, 0.25) is 0 Å². The molecule has 2 heterocycles. The molecule has 6 nitrogen and oxygen atoms in total. The molecular weight excluding hydrogens is 396 g/mol. The minimum atomic E-state index is 0.0113. The van der Waals surface area contributed by atoms with E-state index in [-0.39, 0.29) is 5.91 Å². The summed E-state index contributed by atoms with van der Waals surface area (Å²) in [7, 11) is 0. The summed E-state index contributed by atoms with van der Waals surface area (Å²) in [5, 5.41) is 4.00. The van der Waals surface area contributed by atoms with Crippen LogP contribution in [0.4, 0.5) is 5.69 Å². The molecule has 1 aromatic carbocycles. The molecule has 0 atom stereocenters. The number of benzene rings is 1. The Labute approximate surface area is 183 Å². The Hall–Kier alpha value is -1.83. The van der Waals surface area contributed by atoms with Crippen molar-refractivity contribution in [2.75, 3.05) is 37.4 Å². The number of carbonyl (C=O) groups is 1. The van der Waals surface area contributed by atoms with Gasteiger partial charge in [-0.2, -0.15) is 0 Å². The minimum Gasteiger partial charge on any atom is -0.379 e. The second-order valence-corrected chi connectivity index (χ2v) is 9.24. The van der Waals surface area contributed by atoms with Gasteiger partial charge in [0.25, 0.3) is 0 Å². The van der Waals surface area contributed by atoms with Gasteiger partial charge in [0.2, 0.25) is 5.91 Å². The number of aromatic nitrogens is 2. The second kappa shape index (κ2) is 9.98. The third kappa shape index (κ3) is 5.25. The molecule has 1 aliphatic heterocycles. The number of ether oxygens (including phenoxy) is 1. The summed E-state index contributed by atoms with van der Waals surface area (Å²) in [5.41, 5.74) is 4.41. The van der Waals surface area contributed by atoms with Crippen molar-refractivity contribution in [2.24, 2.45) is 0 Å². The van der Waals surface area contributed by atoms with E-state index in [2.05, 4.69) is 40.8 Å². The summed E-state index contributed by atoms with van der Waals surface area (Å²) < 4.78 is 7.76. The quantitative estimate of drug-likeness (QED) is 0.671. The van der Waals surface area contributed by atoms with Crippen LogP contribution in [0.1, 0.15) is 48.7 Å². The fourth-order valence-corrected chi connectivity index (χ4v) is 5.29. The highest BCUT2D eigenvalue weighted by Gasteiger charge is 2.23. The first-order valence-electron chi connectivity index (χ1n) is 11.0. The molecule has 2 aliphatic rings. The number of aryl methyl sites for hydroxylation is 1. The smallest absolute Gasteiger partial charge is 0.234 e. The molecular formula is C23H32N4O2S. The summed E-state index contributed by atoms with van der Waals surface area (Å²) in [6.07, 6.45) is 5.00. The van der Waals surface area contributed by atoms with Gasteiger partial charge in [-0.3, -0.25) is 9.69 Å². The highest BCUT2D eigenvalue weighted by molar-refractivity contribution is 7.99. The Bertz CT molecular complexity index is 853. The largest absolute Gasteiger partial charge is 0.379 e. The first kappa shape index (κ1) is 21.4. The zero-order valence-electron chi connectivity index (χ0n) is 18.0. The van der Waals surface area contributed by atoms with Crippen molar-refractivity contribution >= 4 is 23.4 Å². The maximum Gasteiger partial charge on any atom is 0.234 e. The lowest BCUT2D eigenvalue weighted by atomic mass is 10.2. The number of morpholine rings is 1. The monoisotopic (exact) mass is 428 g/mol. The van der Waals surface area contributed by atoms with E-state index in [1.807, 2.05) is 12.1 Å². The summed E-state index contributed by atoms with van der Waals surface area (Å²) in [6.45, 7) is 8.70. The zero-order valence-corrected chi connectivity index (χ0v) is 18.8. The summed E-state index contributed by atoms with van der Waals surface area (Å²) in [5.74, 6) is 0.384. The number of hydrogen-bond donors (Lipinski definition) is 1. The second-order valence-electron chi connectivity index (χ2n) is 8.30. The van der Waals surface area contributed by atoms with Crippen molar-refractivity contribution in [3.05, 3.63) is 41.2 Å². The number of amides is 1. The first-order chi connectivity index (χ1) is 14.6. The van der Waals surface area contributed by atoms with Crippen molar-refractivity contribution < 1.29 is 9.53 Å². The van der Waals surface area contributed by atoms with Crippen molar-refractivity contribution in [1.29, 1.82) is 0 Å². The van der Waals surface area contributed by atoms with Crippen LogP contribution < -0.4 is 5.32 Å². The van der Waals surface area contributed by atoms with Gasteiger partial charge in [0.15, 0.2) is 5.16 Å². The van der Waals surface area contributed by atoms with E-state index in [9.17, 15) is 4.79 Å². The van der Waals surface area contributed by atoms with Gasteiger partial charge in [0, 0.05) is 37.1 Å². The minimum absolute atomic E-state index is 0.0113. The summed E-state index contributed by atoms with van der Waals surface area (Å²) in [4.78, 5) is 19.6. The SMILES string of the molecule is Cc1nc(SCC(=O)Nc2ccc(CN3CCOCC3)cc2)n(C2CCCC2)c1C. The molecule has 2 aromatic rings. The van der Waals surface area contributed by atoms with Crippen LogP contribution in [-0.4, -0.2) is 52.4 Å². The van der Waals surface area contributed by atoms with Gasteiger partial charge in [-0.15, -0.1) is 0 Å². The molecule has 0 bridgehead atoms. The van der Waals surface area contributed by atoms with Gasteiger partial charge in [0.1, 0.15) is 0 Å². The fourth-order valence-electron chi connectivity index (χ4n) is 4.33. The molecule has 1 saturated heterocycles. The maximum atomic E-state index is 12.5. The Morgan fingerprint density at radius 3 is 2.57 bits per heavy atom. The first-order valence-corrected chi connectivity index (χ1v) is 12.0. The Kier molecular flexibility index (Phi) is 7.12. The predicted octanol–water partition coefficient (Wildman–Crippen LogP) is 4.18. The van der Waals surface area contributed by atoms with E-state index in [0.717, 1.165) is 49.4 Å². The van der Waals surface area contributed by atoms with E-state index in [4.69, 9.17) is 9.72 Å². The van der Waals surface area contributed by atoms with Crippen LogP contribution in [-0.2, 0) is 16.1 Å². The standard InChI is InChI=1S/C23H32N4O2S/c1-17-18(2)27(21-5-3-4-6-21)23(24-17)30-16-22(28)25-20-9-7-19(8-10-20)15-26-11-13-29-14-12-26/h7-10,21H,3-6,11-16H2,1-2H3,(H,25,28). The lowest BCUT2D eigenvalue weighted by molar-refractivity contribution is -0.113. The van der Waals surface area contributed by atoms with Crippen LogP contribution >= 0.6 is 11.8 Å². The molecule has 1 saturated carbocycles. The molecule has 0 spiro atoms. The highest BCUT2D eigenvalue weighted by Crippen LogP contribution is 2.35. The van der Waals surface area contributed by atoms with Gasteiger partial charge in [0.05, 0.1) is 24.7 Å². The van der Waals surface area contributed by atoms with Crippen molar-refractivity contribution in [1.82, 2.24) is 14.5 Å². The van der Waals surface area contributed by atoms with E-state index in [1.165, 1.54) is 36.9 Å². The normalized spacial score (nSPS) is 18.1. The van der Waals surface area contributed by atoms with Gasteiger partial charge in [-0.1, -0.05) is 36.7 Å². The molecule has 4 rings (SSSR count). The van der Waals surface area contributed by atoms with E-state index >= 15 is 0 Å². The molecule has 1 aliphatic carbocycles. The number of carbonyl (C=O) groups excluding carboxylic acids is 1. The van der Waals surface area contributed by atoms with Crippen molar-refractivity contribution in [2.45, 2.75) is 57.3 Å². The predicted molar refractivity (Wildman–Crippen MR) is 121 cm³/mol. The third-order valence-electron chi connectivity index (χ3n) is 6.12. The molecule has 2 fully saturated rings. The topological polar surface area (TPSA) is 59.4 Å². The van der Waals surface area contributed by atoms with Crippen LogP contribution in [0.15, 0.2) is 29.4 Å². The van der Waals surface area contributed by atoms with Crippen LogP contribution in [0.25, 0.3) is 0 Å². The molecule has 1 N–H and O–H groups in total. The van der Waals surface area contributed by atoms with Crippen LogP contribution in [0.3, 0.4) is 0 Å². The third-order valence-corrected chi connectivity index (χ3v) is 7.08. The number of thioether (sulfide) groups is 1. The van der Waals surface area contributed by atoms with Gasteiger partial charge in [-0.25, -0.2) is 4.98 Å².